The first-order valence-electron chi connectivity index (χ1n) is 11.8. The number of fused-ring (bicyclic) bond motifs is 4. The summed E-state index contributed by atoms with van der Waals surface area (Å²) in [7, 11) is 0. The lowest BCUT2D eigenvalue weighted by atomic mass is 9.88. The molecule has 1 N–H and O–H groups in total. The number of hydrogen-bond donors (Lipinski definition) is 1. The summed E-state index contributed by atoms with van der Waals surface area (Å²) in [5.41, 5.74) is 2.76. The van der Waals surface area contributed by atoms with Crippen LogP contribution in [0.1, 0.15) is 72.7 Å². The number of nitrogens with one attached hydrogen (secondary N) is 1. The molecular weight excluding hydrogens is 406 g/mol. The van der Waals surface area contributed by atoms with Crippen molar-refractivity contribution in [2.45, 2.75) is 70.1 Å². The quantitative estimate of drug-likeness (QED) is 0.532. The molecule has 0 amide bonds. The van der Waals surface area contributed by atoms with Crippen LogP contribution in [0.3, 0.4) is 0 Å². The van der Waals surface area contributed by atoms with Crippen LogP contribution >= 0.6 is 11.3 Å². The summed E-state index contributed by atoms with van der Waals surface area (Å²) in [5.74, 6) is 4.35. The van der Waals surface area contributed by atoms with E-state index in [0.29, 0.717) is 12.7 Å². The molecule has 0 atom stereocenters. The number of thiophene rings is 1. The van der Waals surface area contributed by atoms with E-state index in [1.165, 1.54) is 77.6 Å². The van der Waals surface area contributed by atoms with Crippen LogP contribution in [0.25, 0.3) is 10.2 Å². The Morgan fingerprint density at radius 1 is 0.968 bits per heavy atom. The maximum Gasteiger partial charge on any atom is 0.231 e. The largest absolute Gasteiger partial charge is 0.454 e. The number of ether oxygens (including phenoxy) is 2. The van der Waals surface area contributed by atoms with E-state index in [4.69, 9.17) is 19.4 Å². The molecule has 0 spiro atoms. The number of benzene rings is 1. The van der Waals surface area contributed by atoms with Crippen LogP contribution in [-0.2, 0) is 19.3 Å². The molecular formula is C25H29N3O2S. The molecule has 1 aromatic carbocycles. The molecule has 3 heterocycles. The molecule has 1 saturated carbocycles. The summed E-state index contributed by atoms with van der Waals surface area (Å²) in [5, 5.41) is 5.00. The first-order valence-corrected chi connectivity index (χ1v) is 12.6. The van der Waals surface area contributed by atoms with E-state index in [0.717, 1.165) is 42.5 Å². The number of nitrogens with zero attached hydrogens (tertiary/aromatic N) is 2. The van der Waals surface area contributed by atoms with Crippen molar-refractivity contribution in [3.05, 3.63) is 40.0 Å². The Labute approximate surface area is 187 Å². The van der Waals surface area contributed by atoms with Crippen LogP contribution in [0.5, 0.6) is 11.5 Å². The third-order valence-corrected chi connectivity index (χ3v) is 8.13. The Morgan fingerprint density at radius 2 is 1.84 bits per heavy atom. The fourth-order valence-electron chi connectivity index (χ4n) is 5.27. The summed E-state index contributed by atoms with van der Waals surface area (Å²) >= 11 is 1.91. The molecule has 6 heteroatoms. The Hall–Kier alpha value is -2.34. The van der Waals surface area contributed by atoms with Crippen molar-refractivity contribution in [2.24, 2.45) is 0 Å². The zero-order valence-corrected chi connectivity index (χ0v) is 18.7. The van der Waals surface area contributed by atoms with Gasteiger partial charge in [0.1, 0.15) is 16.5 Å². The van der Waals surface area contributed by atoms with E-state index in [2.05, 4.69) is 17.4 Å². The maximum absolute atomic E-state index is 5.53. The highest BCUT2D eigenvalue weighted by molar-refractivity contribution is 7.19. The van der Waals surface area contributed by atoms with Crippen LogP contribution in [0.15, 0.2) is 18.2 Å². The van der Waals surface area contributed by atoms with Gasteiger partial charge in [-0.3, -0.25) is 0 Å². The Balaban J connectivity index is 1.29. The summed E-state index contributed by atoms with van der Waals surface area (Å²) in [4.78, 5) is 13.0. The minimum Gasteiger partial charge on any atom is -0.454 e. The highest BCUT2D eigenvalue weighted by Crippen LogP contribution is 2.41. The van der Waals surface area contributed by atoms with Gasteiger partial charge in [0.2, 0.25) is 6.79 Å². The van der Waals surface area contributed by atoms with Gasteiger partial charge in [0, 0.05) is 17.3 Å². The average molecular weight is 436 g/mol. The number of hydrogen-bond acceptors (Lipinski definition) is 6. The van der Waals surface area contributed by atoms with Gasteiger partial charge in [-0.25, -0.2) is 9.97 Å². The predicted molar refractivity (Wildman–Crippen MR) is 125 cm³/mol. The van der Waals surface area contributed by atoms with Crippen molar-refractivity contribution < 1.29 is 9.47 Å². The second-order valence-electron chi connectivity index (χ2n) is 9.02. The Kier molecular flexibility index (Phi) is 5.18. The first kappa shape index (κ1) is 19.4. The van der Waals surface area contributed by atoms with Crippen LogP contribution < -0.4 is 14.8 Å². The van der Waals surface area contributed by atoms with E-state index in [9.17, 15) is 0 Å². The molecule has 3 aliphatic rings. The highest BCUT2D eigenvalue weighted by Gasteiger charge is 2.24. The summed E-state index contributed by atoms with van der Waals surface area (Å²) in [6.45, 7) is 1.17. The summed E-state index contributed by atoms with van der Waals surface area (Å²) in [6, 6.07) is 6.24. The lowest BCUT2D eigenvalue weighted by molar-refractivity contribution is 0.174. The standard InChI is InChI=1S/C25H29N3O2S/c1-2-6-17(7-3-1)23-27-24(22-18-8-4-5-9-21(18)31-25(22)28-23)26-13-12-16-10-11-19-20(14-16)30-15-29-19/h10-11,14,17H,1-9,12-13,15H2,(H,26,27,28). The molecule has 2 aromatic heterocycles. The van der Waals surface area contributed by atoms with Gasteiger partial charge in [0.25, 0.3) is 0 Å². The van der Waals surface area contributed by atoms with Crippen molar-refractivity contribution in [3.63, 3.8) is 0 Å². The van der Waals surface area contributed by atoms with Crippen molar-refractivity contribution in [3.8, 4) is 11.5 Å². The van der Waals surface area contributed by atoms with Gasteiger partial charge in [0.15, 0.2) is 11.5 Å². The Bertz CT molecular complexity index is 1100. The molecule has 0 unspecified atom stereocenters. The zero-order chi connectivity index (χ0) is 20.6. The smallest absolute Gasteiger partial charge is 0.231 e. The molecule has 0 bridgehead atoms. The van der Waals surface area contributed by atoms with Gasteiger partial charge >= 0.3 is 0 Å². The SMILES string of the molecule is c1cc2c(cc1CCNc1nc(C3CCCCC3)nc3sc4c(c13)CCCC4)OCO2. The van der Waals surface area contributed by atoms with Crippen LogP contribution in [0.4, 0.5) is 5.82 Å². The normalized spacial score (nSPS) is 18.3. The predicted octanol–water partition coefficient (Wildman–Crippen LogP) is 6.00. The minimum atomic E-state index is 0.323. The topological polar surface area (TPSA) is 56.3 Å². The van der Waals surface area contributed by atoms with Gasteiger partial charge in [-0.15, -0.1) is 11.3 Å². The molecule has 3 aromatic rings. The molecule has 31 heavy (non-hydrogen) atoms. The van der Waals surface area contributed by atoms with Crippen molar-refractivity contribution in [1.82, 2.24) is 9.97 Å². The molecule has 0 saturated heterocycles. The van der Waals surface area contributed by atoms with Crippen molar-refractivity contribution >= 4 is 27.4 Å². The fourth-order valence-corrected chi connectivity index (χ4v) is 6.54. The second-order valence-corrected chi connectivity index (χ2v) is 10.1. The van der Waals surface area contributed by atoms with Crippen LogP contribution in [0, 0.1) is 0 Å². The molecule has 1 aliphatic heterocycles. The van der Waals surface area contributed by atoms with E-state index < -0.39 is 0 Å². The monoisotopic (exact) mass is 435 g/mol. The third kappa shape index (κ3) is 3.75. The first-order chi connectivity index (χ1) is 15.3. The summed E-state index contributed by atoms with van der Waals surface area (Å²) in [6.07, 6.45) is 12.3. The molecule has 6 rings (SSSR count). The van der Waals surface area contributed by atoms with Crippen LogP contribution in [0.2, 0.25) is 0 Å². The van der Waals surface area contributed by atoms with E-state index in [1.807, 2.05) is 17.4 Å². The number of anilines is 1. The van der Waals surface area contributed by atoms with Gasteiger partial charge < -0.3 is 14.8 Å². The molecule has 1 fully saturated rings. The lowest BCUT2D eigenvalue weighted by Crippen LogP contribution is -2.13. The summed E-state index contributed by atoms with van der Waals surface area (Å²) < 4.78 is 11.0. The Morgan fingerprint density at radius 3 is 2.77 bits per heavy atom. The highest BCUT2D eigenvalue weighted by atomic mass is 32.1. The molecule has 0 radical (unpaired) electrons. The third-order valence-electron chi connectivity index (χ3n) is 6.95. The second kappa shape index (κ2) is 8.30. The number of rotatable bonds is 5. The van der Waals surface area contributed by atoms with E-state index >= 15 is 0 Å². The fraction of sp³-hybridized carbons (Fsp3) is 0.520. The van der Waals surface area contributed by atoms with Gasteiger partial charge in [-0.2, -0.15) is 0 Å². The van der Waals surface area contributed by atoms with Crippen molar-refractivity contribution in [1.29, 1.82) is 0 Å². The van der Waals surface area contributed by atoms with E-state index in [-0.39, 0.29) is 0 Å². The van der Waals surface area contributed by atoms with Gasteiger partial charge in [0.05, 0.1) is 5.39 Å². The lowest BCUT2D eigenvalue weighted by Gasteiger charge is -2.21. The van der Waals surface area contributed by atoms with Gasteiger partial charge in [-0.05, 0) is 68.2 Å². The minimum absolute atomic E-state index is 0.323. The molecule has 5 nitrogen and oxygen atoms in total. The van der Waals surface area contributed by atoms with E-state index in [1.54, 1.807) is 0 Å². The number of aryl methyl sites for hydroxylation is 2. The maximum atomic E-state index is 5.53. The van der Waals surface area contributed by atoms with Gasteiger partial charge in [-0.1, -0.05) is 25.3 Å². The van der Waals surface area contributed by atoms with Crippen LogP contribution in [-0.4, -0.2) is 23.3 Å². The average Bonchev–Trinajstić information content (AvgIpc) is 3.43. The molecule has 162 valence electrons. The zero-order valence-electron chi connectivity index (χ0n) is 17.9. The molecule has 2 aliphatic carbocycles. The number of aromatic nitrogens is 2. The van der Waals surface area contributed by atoms with Crippen molar-refractivity contribution in [2.75, 3.05) is 18.7 Å².